The number of carbonyl (C=O) groups excluding carboxylic acids is 5. The highest BCUT2D eigenvalue weighted by atomic mass is 16.6. The Kier molecular flexibility index (Phi) is 16.9. The molecule has 0 aromatic rings. The minimum absolute atomic E-state index is 0.102. The van der Waals surface area contributed by atoms with Crippen LogP contribution in [0.15, 0.2) is 75.4 Å². The van der Waals surface area contributed by atoms with E-state index in [-0.39, 0.29) is 38.6 Å². The van der Waals surface area contributed by atoms with Crippen molar-refractivity contribution in [3.8, 4) is 0 Å². The molecule has 12 nitrogen and oxygen atoms in total. The summed E-state index contributed by atoms with van der Waals surface area (Å²) in [5, 5.41) is 0. The van der Waals surface area contributed by atoms with Gasteiger partial charge in [0.2, 0.25) is 0 Å². The van der Waals surface area contributed by atoms with Gasteiger partial charge < -0.3 is 33.2 Å². The second kappa shape index (κ2) is 18.9. The molecular weight excluding hydrogens is 528 g/mol. The van der Waals surface area contributed by atoms with Gasteiger partial charge in [0.1, 0.15) is 26.4 Å². The molecule has 0 N–H and O–H groups in total. The van der Waals surface area contributed by atoms with Gasteiger partial charge in [-0.15, -0.1) is 6.58 Å². The number of carbonyl (C=O) groups is 5. The van der Waals surface area contributed by atoms with Gasteiger partial charge in [0.05, 0.1) is 44.4 Å². The van der Waals surface area contributed by atoms with Gasteiger partial charge in [-0.05, 0) is 0 Å². The lowest BCUT2D eigenvalue weighted by Gasteiger charge is -2.36. The third kappa shape index (κ3) is 12.5. The van der Waals surface area contributed by atoms with E-state index in [2.05, 4.69) is 39.5 Å². The first-order chi connectivity index (χ1) is 19.0. The first-order valence-corrected chi connectivity index (χ1v) is 11.7. The zero-order valence-corrected chi connectivity index (χ0v) is 22.7. The maximum absolute atomic E-state index is 12.5. The molecular formula is C28H36O12. The average molecular weight is 565 g/mol. The van der Waals surface area contributed by atoms with Crippen molar-refractivity contribution < 1.29 is 57.1 Å². The number of hydrogen-bond acceptors (Lipinski definition) is 12. The van der Waals surface area contributed by atoms with Crippen LogP contribution in [-0.4, -0.2) is 89.8 Å². The maximum atomic E-state index is 12.5. The van der Waals surface area contributed by atoms with Gasteiger partial charge >= 0.3 is 29.8 Å². The highest BCUT2D eigenvalue weighted by Crippen LogP contribution is 2.31. The molecule has 40 heavy (non-hydrogen) atoms. The lowest BCUT2D eigenvalue weighted by atomic mass is 9.82. The quantitative estimate of drug-likeness (QED) is 0.0620. The van der Waals surface area contributed by atoms with E-state index >= 15 is 0 Å². The first-order valence-electron chi connectivity index (χ1n) is 11.7. The maximum Gasteiger partial charge on any atom is 0.334 e. The summed E-state index contributed by atoms with van der Waals surface area (Å²) in [6.45, 7) is 18.1. The molecule has 220 valence electrons. The third-order valence-electron chi connectivity index (χ3n) is 5.19. The lowest BCUT2D eigenvalue weighted by molar-refractivity contribution is -0.162. The largest absolute Gasteiger partial charge is 0.466 e. The van der Waals surface area contributed by atoms with E-state index in [1.54, 1.807) is 0 Å². The molecule has 0 aliphatic rings. The summed E-state index contributed by atoms with van der Waals surface area (Å²) in [5.74, 6) is -4.09. The zero-order valence-electron chi connectivity index (χ0n) is 22.7. The van der Waals surface area contributed by atoms with Crippen LogP contribution in [0.3, 0.4) is 0 Å². The van der Waals surface area contributed by atoms with E-state index in [1.165, 1.54) is 6.08 Å². The monoisotopic (exact) mass is 564 g/mol. The van der Waals surface area contributed by atoms with E-state index in [1.807, 2.05) is 0 Å². The molecule has 12 heteroatoms. The van der Waals surface area contributed by atoms with Crippen LogP contribution >= 0.6 is 0 Å². The van der Waals surface area contributed by atoms with Crippen molar-refractivity contribution in [2.45, 2.75) is 0 Å². The fourth-order valence-electron chi connectivity index (χ4n) is 2.90. The Hall–Kier alpha value is -4.29. The van der Waals surface area contributed by atoms with Crippen molar-refractivity contribution in [2.75, 3.05) is 60.0 Å². The van der Waals surface area contributed by atoms with Gasteiger partial charge in [-0.1, -0.05) is 39.0 Å². The number of esters is 5. The van der Waals surface area contributed by atoms with Crippen LogP contribution < -0.4 is 0 Å². The van der Waals surface area contributed by atoms with Crippen LogP contribution in [0.5, 0.6) is 0 Å². The topological polar surface area (TPSA) is 150 Å². The Morgan fingerprint density at radius 3 is 1.38 bits per heavy atom. The van der Waals surface area contributed by atoms with Gasteiger partial charge in [0, 0.05) is 29.9 Å². The molecule has 0 saturated carbocycles. The summed E-state index contributed by atoms with van der Waals surface area (Å²) < 4.78 is 37.0. The second-order valence-corrected chi connectivity index (χ2v) is 8.29. The van der Waals surface area contributed by atoms with Crippen molar-refractivity contribution >= 4 is 29.8 Å². The standard InChI is InChI=1S/C28H36O12/c1-8-13-35-14-27(16-37-22(29)9-2,17-38-23(30)10-3)15-36-18-28(19-39-24(31)11-4,20-40-25(32)12-5)21(6)26(33)34-7/h8-12H,1-6,13-20H2,7H3. The molecule has 0 radical (unpaired) electrons. The van der Waals surface area contributed by atoms with E-state index in [0.29, 0.717) is 0 Å². The molecule has 0 amide bonds. The highest BCUT2D eigenvalue weighted by molar-refractivity contribution is 5.90. The van der Waals surface area contributed by atoms with E-state index in [0.717, 1.165) is 31.4 Å². The van der Waals surface area contributed by atoms with Crippen LogP contribution in [0.1, 0.15) is 0 Å². The van der Waals surface area contributed by atoms with Crippen molar-refractivity contribution in [3.63, 3.8) is 0 Å². The predicted molar refractivity (Wildman–Crippen MR) is 142 cm³/mol. The van der Waals surface area contributed by atoms with Crippen molar-refractivity contribution in [3.05, 3.63) is 75.4 Å². The van der Waals surface area contributed by atoms with E-state index < -0.39 is 60.5 Å². The minimum atomic E-state index is -1.65. The fraction of sp³-hybridized carbons (Fsp3) is 0.393. The summed E-state index contributed by atoms with van der Waals surface area (Å²) in [4.78, 5) is 59.9. The van der Waals surface area contributed by atoms with Crippen LogP contribution in [0, 0.1) is 10.8 Å². The third-order valence-corrected chi connectivity index (χ3v) is 5.19. The Bertz CT molecular complexity index is 930. The van der Waals surface area contributed by atoms with E-state index in [4.69, 9.17) is 33.2 Å². The van der Waals surface area contributed by atoms with Crippen molar-refractivity contribution in [2.24, 2.45) is 10.8 Å². The van der Waals surface area contributed by atoms with Gasteiger partial charge in [-0.2, -0.15) is 0 Å². The summed E-state index contributed by atoms with van der Waals surface area (Å²) >= 11 is 0. The van der Waals surface area contributed by atoms with Crippen LogP contribution in [0.4, 0.5) is 0 Å². The highest BCUT2D eigenvalue weighted by Gasteiger charge is 2.43. The molecule has 0 saturated heterocycles. The first kappa shape index (κ1) is 35.7. The minimum Gasteiger partial charge on any atom is -0.466 e. The summed E-state index contributed by atoms with van der Waals surface area (Å²) in [6.07, 6.45) is 5.15. The molecule has 0 fully saturated rings. The molecule has 0 aromatic carbocycles. The molecule has 0 heterocycles. The summed E-state index contributed by atoms with van der Waals surface area (Å²) in [6, 6.07) is 0. The Morgan fingerprint density at radius 2 is 1.00 bits per heavy atom. The SMILES string of the molecule is C=CCOCC(COCC(COC(=O)C=C)(COC(=O)C=C)C(=C)C(=O)OC)(COC(=O)C=C)COC(=O)C=C. The molecule has 0 unspecified atom stereocenters. The van der Waals surface area contributed by atoms with Crippen LogP contribution in [-0.2, 0) is 57.1 Å². The number of rotatable bonds is 22. The fourth-order valence-corrected chi connectivity index (χ4v) is 2.90. The smallest absolute Gasteiger partial charge is 0.334 e. The molecule has 0 rings (SSSR count). The number of ether oxygens (including phenoxy) is 7. The molecule has 0 atom stereocenters. The number of methoxy groups -OCH3 is 1. The predicted octanol–water partition coefficient (Wildman–Crippen LogP) is 1.82. The van der Waals surface area contributed by atoms with Crippen LogP contribution in [0.2, 0.25) is 0 Å². The normalized spacial score (nSPS) is 10.7. The Labute approximate surface area is 233 Å². The average Bonchev–Trinajstić information content (AvgIpc) is 2.98. The summed E-state index contributed by atoms with van der Waals surface area (Å²) in [5.41, 5.74) is -3.17. The summed E-state index contributed by atoms with van der Waals surface area (Å²) in [7, 11) is 1.11. The van der Waals surface area contributed by atoms with Gasteiger partial charge in [-0.3, -0.25) is 0 Å². The van der Waals surface area contributed by atoms with Gasteiger partial charge in [0.25, 0.3) is 0 Å². The molecule has 0 aliphatic carbocycles. The molecule has 0 spiro atoms. The van der Waals surface area contributed by atoms with Crippen LogP contribution in [0.25, 0.3) is 0 Å². The molecule has 0 aromatic heterocycles. The van der Waals surface area contributed by atoms with Gasteiger partial charge in [-0.25, -0.2) is 24.0 Å². The lowest BCUT2D eigenvalue weighted by Crippen LogP contribution is -2.46. The molecule has 0 bridgehead atoms. The van der Waals surface area contributed by atoms with E-state index in [9.17, 15) is 24.0 Å². The van der Waals surface area contributed by atoms with Crippen molar-refractivity contribution in [1.82, 2.24) is 0 Å². The zero-order chi connectivity index (χ0) is 30.6. The molecule has 0 aliphatic heterocycles. The Balaban J connectivity index is 6.36. The second-order valence-electron chi connectivity index (χ2n) is 8.29. The number of hydrogen-bond donors (Lipinski definition) is 0. The van der Waals surface area contributed by atoms with Gasteiger partial charge in [0.15, 0.2) is 0 Å². The Morgan fingerprint density at radius 1 is 0.600 bits per heavy atom. The van der Waals surface area contributed by atoms with Crippen molar-refractivity contribution in [1.29, 1.82) is 0 Å².